The average Bonchev–Trinajstić information content (AvgIpc) is 2.59. The van der Waals surface area contributed by atoms with E-state index >= 15 is 0 Å². The standard InChI is InChI=1S/C21H17FO/c1-15-12-13-19(22)20(21(15)23)18(17-10-6-3-7-11-17)14-16-8-4-2-5-9-16/h2-14,23H,1H3/b18-14+. The van der Waals surface area contributed by atoms with Crippen molar-refractivity contribution in [3.63, 3.8) is 0 Å². The summed E-state index contributed by atoms with van der Waals surface area (Å²) in [7, 11) is 0. The number of hydrogen-bond acceptors (Lipinski definition) is 1. The van der Waals surface area contributed by atoms with Gasteiger partial charge in [0.1, 0.15) is 11.6 Å². The van der Waals surface area contributed by atoms with E-state index in [4.69, 9.17) is 0 Å². The second-order valence-electron chi connectivity index (χ2n) is 5.42. The predicted molar refractivity (Wildman–Crippen MR) is 92.7 cm³/mol. The molecule has 1 nitrogen and oxygen atoms in total. The molecule has 0 saturated heterocycles. The van der Waals surface area contributed by atoms with Gasteiger partial charge in [0.2, 0.25) is 0 Å². The smallest absolute Gasteiger partial charge is 0.134 e. The molecule has 114 valence electrons. The summed E-state index contributed by atoms with van der Waals surface area (Å²) in [6.07, 6.45) is 1.90. The minimum absolute atomic E-state index is 0.0176. The molecule has 0 unspecified atom stereocenters. The molecule has 0 atom stereocenters. The summed E-state index contributed by atoms with van der Waals surface area (Å²) in [4.78, 5) is 0. The van der Waals surface area contributed by atoms with Crippen LogP contribution in [0.3, 0.4) is 0 Å². The van der Waals surface area contributed by atoms with Gasteiger partial charge in [0, 0.05) is 0 Å². The van der Waals surface area contributed by atoms with Gasteiger partial charge in [-0.15, -0.1) is 0 Å². The van der Waals surface area contributed by atoms with Gasteiger partial charge < -0.3 is 5.11 Å². The number of rotatable bonds is 3. The topological polar surface area (TPSA) is 20.2 Å². The maximum Gasteiger partial charge on any atom is 0.134 e. The van der Waals surface area contributed by atoms with Gasteiger partial charge in [0.15, 0.2) is 0 Å². The number of halogens is 1. The monoisotopic (exact) mass is 304 g/mol. The van der Waals surface area contributed by atoms with E-state index in [9.17, 15) is 9.50 Å². The first kappa shape index (κ1) is 15.0. The predicted octanol–water partition coefficient (Wildman–Crippen LogP) is 5.43. The minimum atomic E-state index is -0.431. The van der Waals surface area contributed by atoms with Crippen LogP contribution in [0.5, 0.6) is 5.75 Å². The number of aromatic hydroxyl groups is 1. The van der Waals surface area contributed by atoms with Crippen molar-refractivity contribution in [1.29, 1.82) is 0 Å². The first-order chi connectivity index (χ1) is 11.2. The van der Waals surface area contributed by atoms with Crippen LogP contribution < -0.4 is 0 Å². The highest BCUT2D eigenvalue weighted by Gasteiger charge is 2.16. The summed E-state index contributed by atoms with van der Waals surface area (Å²) in [6, 6.07) is 22.2. The van der Waals surface area contributed by atoms with E-state index in [-0.39, 0.29) is 11.3 Å². The molecule has 0 radical (unpaired) electrons. The summed E-state index contributed by atoms with van der Waals surface area (Å²) in [5.41, 5.74) is 3.36. The molecular formula is C21H17FO. The van der Waals surface area contributed by atoms with E-state index in [2.05, 4.69) is 0 Å². The third kappa shape index (κ3) is 3.16. The Kier molecular flexibility index (Phi) is 4.24. The van der Waals surface area contributed by atoms with Crippen LogP contribution in [0.15, 0.2) is 72.8 Å². The Labute approximate surface area is 135 Å². The van der Waals surface area contributed by atoms with E-state index < -0.39 is 5.82 Å². The SMILES string of the molecule is Cc1ccc(F)c(/C(=C/c2ccccc2)c2ccccc2)c1O. The lowest BCUT2D eigenvalue weighted by Crippen LogP contribution is -1.95. The van der Waals surface area contributed by atoms with Crippen molar-refractivity contribution >= 4 is 11.6 Å². The fourth-order valence-electron chi connectivity index (χ4n) is 2.56. The van der Waals surface area contributed by atoms with Crippen LogP contribution in [-0.4, -0.2) is 5.11 Å². The highest BCUT2D eigenvalue weighted by molar-refractivity contribution is 5.93. The van der Waals surface area contributed by atoms with Crippen LogP contribution in [0.2, 0.25) is 0 Å². The summed E-state index contributed by atoms with van der Waals surface area (Å²) in [5.74, 6) is -0.449. The number of phenols is 1. The largest absolute Gasteiger partial charge is 0.507 e. The van der Waals surface area contributed by atoms with E-state index in [0.29, 0.717) is 11.1 Å². The lowest BCUT2D eigenvalue weighted by atomic mass is 9.93. The van der Waals surface area contributed by atoms with E-state index in [1.807, 2.05) is 66.7 Å². The van der Waals surface area contributed by atoms with Gasteiger partial charge in [-0.1, -0.05) is 66.7 Å². The maximum absolute atomic E-state index is 14.5. The van der Waals surface area contributed by atoms with Crippen molar-refractivity contribution < 1.29 is 9.50 Å². The van der Waals surface area contributed by atoms with Gasteiger partial charge in [0.25, 0.3) is 0 Å². The van der Waals surface area contributed by atoms with Crippen molar-refractivity contribution in [3.05, 3.63) is 101 Å². The fourth-order valence-corrected chi connectivity index (χ4v) is 2.56. The van der Waals surface area contributed by atoms with Gasteiger partial charge in [-0.25, -0.2) is 4.39 Å². The van der Waals surface area contributed by atoms with Gasteiger partial charge in [0.05, 0.1) is 5.56 Å². The molecule has 0 aliphatic rings. The Bertz CT molecular complexity index is 836. The molecule has 0 amide bonds. The molecule has 3 rings (SSSR count). The van der Waals surface area contributed by atoms with Crippen LogP contribution in [0.1, 0.15) is 22.3 Å². The van der Waals surface area contributed by atoms with Crippen LogP contribution >= 0.6 is 0 Å². The number of benzene rings is 3. The molecule has 0 spiro atoms. The molecule has 1 N–H and O–H groups in total. The quantitative estimate of drug-likeness (QED) is 0.640. The molecule has 3 aromatic carbocycles. The van der Waals surface area contributed by atoms with E-state index in [1.165, 1.54) is 6.07 Å². The third-order valence-corrected chi connectivity index (χ3v) is 3.79. The van der Waals surface area contributed by atoms with Gasteiger partial charge in [-0.05, 0) is 41.3 Å². The Morgan fingerprint density at radius 3 is 2.13 bits per heavy atom. The van der Waals surface area contributed by atoms with Crippen LogP contribution in [-0.2, 0) is 0 Å². The molecular weight excluding hydrogens is 287 g/mol. The Hall–Kier alpha value is -2.87. The molecule has 0 fully saturated rings. The molecule has 0 aliphatic heterocycles. The maximum atomic E-state index is 14.5. The van der Waals surface area contributed by atoms with E-state index in [1.54, 1.807) is 13.0 Å². The van der Waals surface area contributed by atoms with Crippen molar-refractivity contribution in [1.82, 2.24) is 0 Å². The first-order valence-corrected chi connectivity index (χ1v) is 7.47. The molecule has 23 heavy (non-hydrogen) atoms. The fraction of sp³-hybridized carbons (Fsp3) is 0.0476. The van der Waals surface area contributed by atoms with E-state index in [0.717, 1.165) is 11.1 Å². The molecule has 3 aromatic rings. The normalized spacial score (nSPS) is 11.5. The summed E-state index contributed by atoms with van der Waals surface area (Å²) < 4.78 is 14.5. The van der Waals surface area contributed by atoms with Crippen molar-refractivity contribution in [2.75, 3.05) is 0 Å². The summed E-state index contributed by atoms with van der Waals surface area (Å²) in [5, 5.41) is 10.4. The minimum Gasteiger partial charge on any atom is -0.507 e. The first-order valence-electron chi connectivity index (χ1n) is 7.47. The zero-order valence-electron chi connectivity index (χ0n) is 12.8. The highest BCUT2D eigenvalue weighted by Crippen LogP contribution is 2.36. The summed E-state index contributed by atoms with van der Waals surface area (Å²) >= 11 is 0. The lowest BCUT2D eigenvalue weighted by Gasteiger charge is -2.13. The molecule has 0 saturated carbocycles. The zero-order chi connectivity index (χ0) is 16.2. The molecule has 2 heteroatoms. The lowest BCUT2D eigenvalue weighted by molar-refractivity contribution is 0.462. The highest BCUT2D eigenvalue weighted by atomic mass is 19.1. The van der Waals surface area contributed by atoms with Gasteiger partial charge in [-0.2, -0.15) is 0 Å². The van der Waals surface area contributed by atoms with Crippen molar-refractivity contribution in [3.8, 4) is 5.75 Å². The average molecular weight is 304 g/mol. The molecule has 0 bridgehead atoms. The molecule has 0 heterocycles. The number of phenolic OH excluding ortho intramolecular Hbond substituents is 1. The molecule has 0 aromatic heterocycles. The van der Waals surface area contributed by atoms with Crippen molar-refractivity contribution in [2.45, 2.75) is 6.92 Å². The Balaban J connectivity index is 2.26. The van der Waals surface area contributed by atoms with Crippen LogP contribution in [0.4, 0.5) is 4.39 Å². The third-order valence-electron chi connectivity index (χ3n) is 3.79. The van der Waals surface area contributed by atoms with Gasteiger partial charge in [-0.3, -0.25) is 0 Å². The zero-order valence-corrected chi connectivity index (χ0v) is 12.8. The summed E-state index contributed by atoms with van der Waals surface area (Å²) in [6.45, 7) is 1.77. The molecule has 0 aliphatic carbocycles. The number of hydrogen-bond donors (Lipinski definition) is 1. The van der Waals surface area contributed by atoms with Crippen molar-refractivity contribution in [2.24, 2.45) is 0 Å². The second kappa shape index (κ2) is 6.49. The van der Waals surface area contributed by atoms with Gasteiger partial charge >= 0.3 is 0 Å². The Morgan fingerprint density at radius 2 is 1.48 bits per heavy atom. The Morgan fingerprint density at radius 1 is 0.870 bits per heavy atom. The number of aryl methyl sites for hydroxylation is 1. The van der Waals surface area contributed by atoms with Crippen LogP contribution in [0.25, 0.3) is 11.6 Å². The second-order valence-corrected chi connectivity index (χ2v) is 5.42. The van der Waals surface area contributed by atoms with Crippen LogP contribution in [0, 0.1) is 12.7 Å².